The van der Waals surface area contributed by atoms with E-state index >= 15 is 0 Å². The van der Waals surface area contributed by atoms with Crippen LogP contribution in [-0.2, 0) is 20.8 Å². The average molecular weight is 575 g/mol. The lowest BCUT2D eigenvalue weighted by molar-refractivity contribution is -0.139. The first-order valence-corrected chi connectivity index (χ1v) is 14.2. The number of rotatable bonds is 7. The standard InChI is InChI=1S/C27H29F3N6O3S/c1-16(32)10-24(34-19-11-17(2)33-18(3)12-19)36-14-20(13-22(36)25(37)35-26(15-31)8-9-26)40(38,39)23-7-5-4-6-21(23)27(28,29)30/h4-7,11-12,20,22,32H,8-10,13-14H2,1-3H3,(H,35,37). The van der Waals surface area contributed by atoms with Crippen LogP contribution in [0, 0.1) is 30.6 Å². The van der Waals surface area contributed by atoms with E-state index in [-0.39, 0.29) is 30.9 Å². The van der Waals surface area contributed by atoms with Crippen molar-refractivity contribution < 1.29 is 26.4 Å². The number of halogens is 3. The highest BCUT2D eigenvalue weighted by Crippen LogP contribution is 2.39. The number of alkyl halides is 3. The Morgan fingerprint density at radius 3 is 2.42 bits per heavy atom. The van der Waals surface area contributed by atoms with E-state index in [4.69, 9.17) is 5.41 Å². The van der Waals surface area contributed by atoms with Crippen molar-refractivity contribution in [1.29, 1.82) is 10.7 Å². The molecule has 0 spiro atoms. The summed E-state index contributed by atoms with van der Waals surface area (Å²) in [5.74, 6) is -0.389. The van der Waals surface area contributed by atoms with Crippen molar-refractivity contribution in [3.8, 4) is 6.07 Å². The number of sulfone groups is 1. The number of hydrogen-bond acceptors (Lipinski definition) is 7. The van der Waals surface area contributed by atoms with Crippen molar-refractivity contribution in [3.05, 3.63) is 53.3 Å². The molecule has 1 aliphatic heterocycles. The summed E-state index contributed by atoms with van der Waals surface area (Å²) < 4.78 is 68.5. The van der Waals surface area contributed by atoms with Crippen LogP contribution in [0.1, 0.15) is 49.6 Å². The Labute approximate surface area is 230 Å². The van der Waals surface area contributed by atoms with Crippen LogP contribution in [0.25, 0.3) is 0 Å². The second-order valence-electron chi connectivity index (χ2n) is 10.3. The topological polar surface area (TPSA) is 139 Å². The number of benzene rings is 1. The summed E-state index contributed by atoms with van der Waals surface area (Å²) in [6.07, 6.45) is -4.35. The van der Waals surface area contributed by atoms with Gasteiger partial charge in [0.25, 0.3) is 0 Å². The van der Waals surface area contributed by atoms with Crippen LogP contribution in [0.2, 0.25) is 0 Å². The highest BCUT2D eigenvalue weighted by Gasteiger charge is 2.50. The zero-order valence-electron chi connectivity index (χ0n) is 22.2. The van der Waals surface area contributed by atoms with E-state index in [1.54, 1.807) is 26.0 Å². The van der Waals surface area contributed by atoms with Gasteiger partial charge in [-0.25, -0.2) is 13.4 Å². The molecule has 212 valence electrons. The summed E-state index contributed by atoms with van der Waals surface area (Å²) in [5.41, 5.74) is -0.308. The number of pyridine rings is 1. The fourth-order valence-electron chi connectivity index (χ4n) is 4.86. The minimum Gasteiger partial charge on any atom is -0.346 e. The first kappa shape index (κ1) is 29.2. The largest absolute Gasteiger partial charge is 0.417 e. The number of likely N-dealkylation sites (tertiary alicyclic amines) is 1. The van der Waals surface area contributed by atoms with Gasteiger partial charge >= 0.3 is 6.18 Å². The molecule has 1 saturated heterocycles. The van der Waals surface area contributed by atoms with Gasteiger partial charge < -0.3 is 15.6 Å². The summed E-state index contributed by atoms with van der Waals surface area (Å²) in [6, 6.07) is 8.29. The third kappa shape index (κ3) is 6.17. The van der Waals surface area contributed by atoms with Gasteiger partial charge in [0.1, 0.15) is 17.4 Å². The van der Waals surface area contributed by atoms with Crippen LogP contribution in [-0.4, -0.2) is 59.1 Å². The maximum Gasteiger partial charge on any atom is 0.417 e. The normalized spacial score (nSPS) is 20.6. The summed E-state index contributed by atoms with van der Waals surface area (Å²) in [6.45, 7) is 4.77. The first-order valence-electron chi connectivity index (χ1n) is 12.6. The molecule has 2 unspecified atom stereocenters. The number of amidine groups is 1. The minimum absolute atomic E-state index is 0.0283. The molecule has 1 aromatic heterocycles. The molecule has 2 aromatic rings. The Hall–Kier alpha value is -3.79. The molecule has 9 nitrogen and oxygen atoms in total. The molecule has 1 amide bonds. The third-order valence-corrected chi connectivity index (χ3v) is 9.10. The monoisotopic (exact) mass is 574 g/mol. The first-order chi connectivity index (χ1) is 18.6. The molecule has 4 rings (SSSR count). The van der Waals surface area contributed by atoms with Gasteiger partial charge in [0.2, 0.25) is 5.91 Å². The number of aryl methyl sites for hydroxylation is 2. The van der Waals surface area contributed by atoms with Gasteiger partial charge in [-0.3, -0.25) is 9.78 Å². The van der Waals surface area contributed by atoms with Gasteiger partial charge in [0.15, 0.2) is 9.84 Å². The number of aliphatic imine (C=N–C) groups is 1. The number of carbonyl (C=O) groups excluding carboxylic acids is 1. The third-order valence-electron chi connectivity index (χ3n) is 6.91. The smallest absolute Gasteiger partial charge is 0.346 e. The predicted octanol–water partition coefficient (Wildman–Crippen LogP) is 4.27. The highest BCUT2D eigenvalue weighted by atomic mass is 32.2. The van der Waals surface area contributed by atoms with E-state index in [0.717, 1.165) is 12.1 Å². The molecule has 2 fully saturated rings. The summed E-state index contributed by atoms with van der Waals surface area (Å²) in [5, 5.41) is 18.9. The van der Waals surface area contributed by atoms with Gasteiger partial charge in [-0.15, -0.1) is 0 Å². The molecule has 2 N–H and O–H groups in total. The van der Waals surface area contributed by atoms with Gasteiger partial charge in [0.05, 0.1) is 27.5 Å². The van der Waals surface area contributed by atoms with Crippen LogP contribution < -0.4 is 5.32 Å². The molecular weight excluding hydrogens is 545 g/mol. The summed E-state index contributed by atoms with van der Waals surface area (Å²) in [7, 11) is -4.56. The molecule has 2 aliphatic rings. The second-order valence-corrected chi connectivity index (χ2v) is 12.5. The van der Waals surface area contributed by atoms with E-state index in [1.807, 2.05) is 0 Å². The molecule has 1 aliphatic carbocycles. The summed E-state index contributed by atoms with van der Waals surface area (Å²) in [4.78, 5) is 23.0. The van der Waals surface area contributed by atoms with E-state index in [2.05, 4.69) is 21.4 Å². The number of carbonyl (C=O) groups is 1. The SMILES string of the molecule is CC(=N)CC(=Nc1cc(C)nc(C)c1)N1CC(S(=O)(=O)c2ccccc2C(F)(F)F)CC1C(=O)NC1(C#N)CC1. The van der Waals surface area contributed by atoms with E-state index < -0.39 is 49.2 Å². The fourth-order valence-corrected chi connectivity index (χ4v) is 6.77. The van der Waals surface area contributed by atoms with Crippen LogP contribution >= 0.6 is 0 Å². The number of hydrogen-bond donors (Lipinski definition) is 2. The fraction of sp³-hybridized carbons (Fsp3) is 0.444. The lowest BCUT2D eigenvalue weighted by Gasteiger charge is -2.28. The van der Waals surface area contributed by atoms with Gasteiger partial charge in [0, 0.05) is 30.1 Å². The van der Waals surface area contributed by atoms with Crippen LogP contribution in [0.3, 0.4) is 0 Å². The minimum atomic E-state index is -4.90. The number of nitriles is 1. The van der Waals surface area contributed by atoms with Gasteiger partial charge in [-0.2, -0.15) is 18.4 Å². The Morgan fingerprint density at radius 2 is 1.88 bits per heavy atom. The van der Waals surface area contributed by atoms with Crippen molar-refractivity contribution in [3.63, 3.8) is 0 Å². The van der Waals surface area contributed by atoms with Crippen molar-refractivity contribution in [2.45, 2.75) is 74.4 Å². The number of aromatic nitrogens is 1. The number of nitrogens with one attached hydrogen (secondary N) is 2. The maximum absolute atomic E-state index is 13.7. The zero-order chi connectivity index (χ0) is 29.5. The Morgan fingerprint density at radius 1 is 1.25 bits per heavy atom. The molecule has 2 heterocycles. The van der Waals surface area contributed by atoms with E-state index in [1.165, 1.54) is 17.9 Å². The van der Waals surface area contributed by atoms with Crippen molar-refractivity contribution in [1.82, 2.24) is 15.2 Å². The second kappa shape index (κ2) is 10.6. The van der Waals surface area contributed by atoms with E-state index in [9.17, 15) is 31.6 Å². The van der Waals surface area contributed by atoms with Crippen molar-refractivity contribution in [2.75, 3.05) is 6.54 Å². The molecule has 0 bridgehead atoms. The number of nitrogens with zero attached hydrogens (tertiary/aromatic N) is 4. The molecule has 2 atom stereocenters. The van der Waals surface area contributed by atoms with Crippen LogP contribution in [0.4, 0.5) is 18.9 Å². The molecule has 13 heteroatoms. The average Bonchev–Trinajstić information content (AvgIpc) is 3.47. The Bertz CT molecular complexity index is 1510. The molecule has 1 saturated carbocycles. The summed E-state index contributed by atoms with van der Waals surface area (Å²) >= 11 is 0. The van der Waals surface area contributed by atoms with Crippen LogP contribution in [0.15, 0.2) is 46.3 Å². The Balaban J connectivity index is 1.79. The molecule has 40 heavy (non-hydrogen) atoms. The van der Waals surface area contributed by atoms with Crippen molar-refractivity contribution >= 4 is 33.0 Å². The lowest BCUT2D eigenvalue weighted by atomic mass is 10.1. The lowest BCUT2D eigenvalue weighted by Crippen LogP contribution is -2.49. The Kier molecular flexibility index (Phi) is 7.77. The maximum atomic E-state index is 13.7. The predicted molar refractivity (Wildman–Crippen MR) is 142 cm³/mol. The molecular formula is C27H29F3N6O3S. The van der Waals surface area contributed by atoms with E-state index in [0.29, 0.717) is 36.0 Å². The molecule has 0 radical (unpaired) electrons. The molecule has 1 aromatic carbocycles. The van der Waals surface area contributed by atoms with Gasteiger partial charge in [-0.1, -0.05) is 12.1 Å². The number of amides is 1. The van der Waals surface area contributed by atoms with Crippen LogP contribution in [0.5, 0.6) is 0 Å². The zero-order valence-corrected chi connectivity index (χ0v) is 23.0. The quantitative estimate of drug-likeness (QED) is 0.374. The highest BCUT2D eigenvalue weighted by molar-refractivity contribution is 7.92. The van der Waals surface area contributed by atoms with Gasteiger partial charge in [-0.05, 0) is 64.3 Å². The van der Waals surface area contributed by atoms with Crippen molar-refractivity contribution in [2.24, 2.45) is 4.99 Å².